The van der Waals surface area contributed by atoms with Crippen molar-refractivity contribution in [3.05, 3.63) is 64.9 Å². The topological polar surface area (TPSA) is 50.5 Å². The van der Waals surface area contributed by atoms with Gasteiger partial charge in [0.1, 0.15) is 5.82 Å². The summed E-state index contributed by atoms with van der Waals surface area (Å²) in [5, 5.41) is 4.78. The molecule has 1 aromatic carbocycles. The first-order valence-electron chi connectivity index (χ1n) is 11.0. The number of aromatic nitrogens is 3. The van der Waals surface area contributed by atoms with Crippen LogP contribution >= 0.6 is 0 Å². The Balaban J connectivity index is 1.49. The minimum atomic E-state index is -0.472. The summed E-state index contributed by atoms with van der Waals surface area (Å²) in [6.07, 6.45) is 9.81. The number of fused-ring (bicyclic) bond motifs is 1. The number of amides is 1. The van der Waals surface area contributed by atoms with Gasteiger partial charge in [-0.15, -0.1) is 0 Å². The maximum Gasteiger partial charge on any atom is 0.257 e. The van der Waals surface area contributed by atoms with Gasteiger partial charge in [-0.25, -0.2) is 13.9 Å². The van der Waals surface area contributed by atoms with Crippen molar-refractivity contribution in [2.75, 3.05) is 6.54 Å². The molecule has 5 rings (SSSR count). The van der Waals surface area contributed by atoms with Crippen LogP contribution in [0.5, 0.6) is 0 Å². The van der Waals surface area contributed by atoms with Crippen LogP contribution in [0, 0.1) is 12.7 Å². The zero-order chi connectivity index (χ0) is 20.7. The molecular weight excluding hydrogens is 379 g/mol. The molecule has 1 amide bonds. The Labute approximate surface area is 175 Å². The van der Waals surface area contributed by atoms with Gasteiger partial charge in [-0.3, -0.25) is 4.79 Å². The van der Waals surface area contributed by atoms with E-state index >= 15 is 0 Å². The lowest BCUT2D eigenvalue weighted by Gasteiger charge is -2.34. The van der Waals surface area contributed by atoms with Crippen LogP contribution in [0.1, 0.15) is 84.2 Å². The molecule has 3 aromatic rings. The van der Waals surface area contributed by atoms with Crippen LogP contribution in [0.25, 0.3) is 5.65 Å². The Morgan fingerprint density at radius 1 is 1.10 bits per heavy atom. The largest absolute Gasteiger partial charge is 0.330 e. The molecule has 1 saturated carbocycles. The van der Waals surface area contributed by atoms with Crippen molar-refractivity contribution in [3.63, 3.8) is 0 Å². The number of carbonyl (C=O) groups is 1. The lowest BCUT2D eigenvalue weighted by atomic mass is 9.98. The third-order valence-corrected chi connectivity index (χ3v) is 6.64. The second-order valence-electron chi connectivity index (χ2n) is 8.65. The molecule has 0 N–H and O–H groups in total. The fourth-order valence-electron chi connectivity index (χ4n) is 5.09. The predicted molar refractivity (Wildman–Crippen MR) is 113 cm³/mol. The maximum atomic E-state index is 14.3. The van der Waals surface area contributed by atoms with E-state index in [1.807, 2.05) is 10.6 Å². The number of nitrogens with zero attached hydrogens (tertiary/aromatic N) is 4. The first kappa shape index (κ1) is 19.2. The highest BCUT2D eigenvalue weighted by atomic mass is 19.1. The number of rotatable bonds is 3. The molecule has 5 nitrogen and oxygen atoms in total. The first-order valence-corrected chi connectivity index (χ1v) is 11.0. The molecule has 0 spiro atoms. The van der Waals surface area contributed by atoms with Crippen molar-refractivity contribution < 1.29 is 9.18 Å². The Hall–Kier alpha value is -2.76. The van der Waals surface area contributed by atoms with Crippen LogP contribution in [0.3, 0.4) is 0 Å². The highest BCUT2D eigenvalue weighted by Crippen LogP contribution is 2.36. The number of aryl methyl sites for hydroxylation is 1. The fraction of sp³-hybridized carbons (Fsp3) is 0.458. The van der Waals surface area contributed by atoms with E-state index in [0.29, 0.717) is 12.5 Å². The summed E-state index contributed by atoms with van der Waals surface area (Å²) in [4.78, 5) is 19.9. The summed E-state index contributed by atoms with van der Waals surface area (Å²) >= 11 is 0. The van der Waals surface area contributed by atoms with E-state index in [0.717, 1.165) is 30.6 Å². The molecule has 3 heterocycles. The van der Waals surface area contributed by atoms with Crippen molar-refractivity contribution in [2.45, 2.75) is 63.8 Å². The van der Waals surface area contributed by atoms with Crippen LogP contribution < -0.4 is 0 Å². The van der Waals surface area contributed by atoms with Gasteiger partial charge in [-0.05, 0) is 56.7 Å². The lowest BCUT2D eigenvalue weighted by molar-refractivity contribution is 0.0601. The van der Waals surface area contributed by atoms with Gasteiger partial charge in [0.25, 0.3) is 5.91 Å². The van der Waals surface area contributed by atoms with E-state index in [4.69, 9.17) is 10.1 Å². The Kier molecular flexibility index (Phi) is 5.01. The van der Waals surface area contributed by atoms with Gasteiger partial charge in [0, 0.05) is 24.7 Å². The number of halogens is 1. The first-order chi connectivity index (χ1) is 14.6. The summed E-state index contributed by atoms with van der Waals surface area (Å²) < 4.78 is 16.1. The Morgan fingerprint density at radius 2 is 1.87 bits per heavy atom. The third-order valence-electron chi connectivity index (χ3n) is 6.64. The smallest absolute Gasteiger partial charge is 0.257 e. The average Bonchev–Trinajstić information content (AvgIpc) is 3.42. The highest BCUT2D eigenvalue weighted by molar-refractivity contribution is 5.94. The predicted octanol–water partition coefficient (Wildman–Crippen LogP) is 5.20. The molecule has 1 atom stereocenters. The summed E-state index contributed by atoms with van der Waals surface area (Å²) in [5.74, 6) is -0.187. The molecule has 1 aliphatic carbocycles. The molecule has 1 saturated heterocycles. The molecule has 30 heavy (non-hydrogen) atoms. The molecule has 2 aliphatic rings. The molecule has 0 radical (unpaired) electrons. The maximum absolute atomic E-state index is 14.3. The number of hydrogen-bond donors (Lipinski definition) is 0. The molecule has 0 bridgehead atoms. The molecular formula is C24H27FN4O. The van der Waals surface area contributed by atoms with E-state index < -0.39 is 5.82 Å². The Bertz CT molecular complexity index is 1090. The second-order valence-corrected chi connectivity index (χ2v) is 8.65. The van der Waals surface area contributed by atoms with Gasteiger partial charge in [0.05, 0.1) is 23.0 Å². The molecule has 1 unspecified atom stereocenters. The van der Waals surface area contributed by atoms with Crippen LogP contribution in [0.15, 0.2) is 36.5 Å². The molecule has 1 aliphatic heterocycles. The van der Waals surface area contributed by atoms with Crippen molar-refractivity contribution in [1.82, 2.24) is 19.5 Å². The average molecular weight is 407 g/mol. The van der Waals surface area contributed by atoms with Gasteiger partial charge in [-0.1, -0.05) is 25.0 Å². The standard InChI is InChI=1S/C24H27FN4O/c1-16-15-29-22(26-23(16)17-8-2-3-9-17)14-20(27-29)21-12-6-7-13-28(21)24(30)18-10-4-5-11-19(18)25/h4-5,10-11,14-15,17,21H,2-3,6-9,12-13H2,1H3. The zero-order valence-electron chi connectivity index (χ0n) is 17.4. The summed E-state index contributed by atoms with van der Waals surface area (Å²) in [5.41, 5.74) is 4.17. The van der Waals surface area contributed by atoms with Gasteiger partial charge in [-0.2, -0.15) is 5.10 Å². The molecule has 2 aromatic heterocycles. The third kappa shape index (κ3) is 3.38. The highest BCUT2D eigenvalue weighted by Gasteiger charge is 2.32. The zero-order valence-corrected chi connectivity index (χ0v) is 17.4. The summed E-state index contributed by atoms with van der Waals surface area (Å²) in [6, 6.07) is 8.08. The molecule has 6 heteroatoms. The van der Waals surface area contributed by atoms with E-state index in [1.54, 1.807) is 23.1 Å². The van der Waals surface area contributed by atoms with Crippen molar-refractivity contribution >= 4 is 11.6 Å². The van der Waals surface area contributed by atoms with Gasteiger partial charge in [0.2, 0.25) is 0 Å². The van der Waals surface area contributed by atoms with Crippen LogP contribution in [-0.4, -0.2) is 31.9 Å². The number of likely N-dealkylation sites (tertiary alicyclic amines) is 1. The van der Waals surface area contributed by atoms with E-state index in [-0.39, 0.29) is 17.5 Å². The van der Waals surface area contributed by atoms with Crippen molar-refractivity contribution in [1.29, 1.82) is 0 Å². The van der Waals surface area contributed by atoms with Crippen molar-refractivity contribution in [2.24, 2.45) is 0 Å². The second kappa shape index (κ2) is 7.82. The summed E-state index contributed by atoms with van der Waals surface area (Å²) in [7, 11) is 0. The quantitative estimate of drug-likeness (QED) is 0.601. The fourth-order valence-corrected chi connectivity index (χ4v) is 5.09. The lowest BCUT2D eigenvalue weighted by Crippen LogP contribution is -2.39. The van der Waals surface area contributed by atoms with E-state index in [9.17, 15) is 9.18 Å². The van der Waals surface area contributed by atoms with Crippen LogP contribution in [0.4, 0.5) is 4.39 Å². The molecule has 156 valence electrons. The Morgan fingerprint density at radius 3 is 2.67 bits per heavy atom. The monoisotopic (exact) mass is 406 g/mol. The normalized spacial score (nSPS) is 20.2. The number of hydrogen-bond acceptors (Lipinski definition) is 3. The van der Waals surface area contributed by atoms with Crippen LogP contribution in [-0.2, 0) is 0 Å². The number of benzene rings is 1. The summed E-state index contributed by atoms with van der Waals surface area (Å²) in [6.45, 7) is 2.72. The van der Waals surface area contributed by atoms with Gasteiger partial charge >= 0.3 is 0 Å². The molecule has 2 fully saturated rings. The van der Waals surface area contributed by atoms with Crippen molar-refractivity contribution in [3.8, 4) is 0 Å². The van der Waals surface area contributed by atoms with E-state index in [2.05, 4.69) is 13.1 Å². The SMILES string of the molecule is Cc1cn2nc(C3CCCCN3C(=O)c3ccccc3F)cc2nc1C1CCCC1. The van der Waals surface area contributed by atoms with Crippen LogP contribution in [0.2, 0.25) is 0 Å². The minimum Gasteiger partial charge on any atom is -0.330 e. The number of piperidine rings is 1. The van der Waals surface area contributed by atoms with E-state index in [1.165, 1.54) is 43.0 Å². The minimum absolute atomic E-state index is 0.130. The van der Waals surface area contributed by atoms with Gasteiger partial charge < -0.3 is 4.90 Å². The number of carbonyl (C=O) groups excluding carboxylic acids is 1. The van der Waals surface area contributed by atoms with Gasteiger partial charge in [0.15, 0.2) is 5.65 Å².